The van der Waals surface area contributed by atoms with Crippen LogP contribution in [0.2, 0.25) is 0 Å². The molecular formula is C12H11BrN2. The highest BCUT2D eigenvalue weighted by atomic mass is 79.9. The van der Waals surface area contributed by atoms with Crippen molar-refractivity contribution in [3.05, 3.63) is 46.6 Å². The largest absolute Gasteiger partial charge is 0.397 e. The van der Waals surface area contributed by atoms with Crippen molar-refractivity contribution in [2.75, 3.05) is 5.73 Å². The van der Waals surface area contributed by atoms with Gasteiger partial charge in [0, 0.05) is 5.56 Å². The monoisotopic (exact) mass is 262 g/mol. The number of nitrogens with two attached hydrogens (primary N) is 1. The number of pyridine rings is 1. The highest BCUT2D eigenvalue weighted by Gasteiger charge is 2.06. The van der Waals surface area contributed by atoms with Crippen molar-refractivity contribution in [2.24, 2.45) is 0 Å². The smallest absolute Gasteiger partial charge is 0.109 e. The second-order valence-corrected chi connectivity index (χ2v) is 4.15. The summed E-state index contributed by atoms with van der Waals surface area (Å²) in [6, 6.07) is 11.9. The van der Waals surface area contributed by atoms with Crippen molar-refractivity contribution in [1.29, 1.82) is 0 Å². The molecular weight excluding hydrogens is 252 g/mol. The van der Waals surface area contributed by atoms with E-state index in [0.717, 1.165) is 21.4 Å². The van der Waals surface area contributed by atoms with Crippen molar-refractivity contribution in [1.82, 2.24) is 4.98 Å². The van der Waals surface area contributed by atoms with Crippen LogP contribution in [0.1, 0.15) is 5.56 Å². The highest BCUT2D eigenvalue weighted by Crippen LogP contribution is 2.27. The number of nitrogens with zero attached hydrogens (tertiary/aromatic N) is 1. The summed E-state index contributed by atoms with van der Waals surface area (Å²) in [6.07, 6.45) is 0. The zero-order valence-corrected chi connectivity index (χ0v) is 9.95. The van der Waals surface area contributed by atoms with Gasteiger partial charge in [0.25, 0.3) is 0 Å². The van der Waals surface area contributed by atoms with E-state index in [1.807, 2.05) is 43.3 Å². The summed E-state index contributed by atoms with van der Waals surface area (Å²) in [5.74, 6) is 0. The minimum absolute atomic E-state index is 0.710. The molecule has 3 heteroatoms. The average Bonchev–Trinajstić information content (AvgIpc) is 2.25. The first-order valence-corrected chi connectivity index (χ1v) is 5.46. The molecule has 1 aromatic carbocycles. The van der Waals surface area contributed by atoms with Crippen LogP contribution in [-0.4, -0.2) is 4.98 Å². The minimum atomic E-state index is 0.710. The van der Waals surface area contributed by atoms with Crippen LogP contribution < -0.4 is 5.73 Å². The second kappa shape index (κ2) is 4.03. The fourth-order valence-corrected chi connectivity index (χ4v) is 1.73. The molecule has 0 spiro atoms. The van der Waals surface area contributed by atoms with E-state index in [1.54, 1.807) is 0 Å². The fourth-order valence-electron chi connectivity index (χ4n) is 1.44. The molecule has 2 rings (SSSR count). The van der Waals surface area contributed by atoms with E-state index >= 15 is 0 Å². The number of hydrogen-bond acceptors (Lipinski definition) is 2. The standard InChI is InChI=1S/C12H11BrN2/c1-8-7-10(14)11(15-12(8)13)9-5-3-2-4-6-9/h2-7H,14H2,1H3. The molecule has 0 fully saturated rings. The van der Waals surface area contributed by atoms with Crippen LogP contribution >= 0.6 is 15.9 Å². The third-order valence-corrected chi connectivity index (χ3v) is 3.03. The number of benzene rings is 1. The van der Waals surface area contributed by atoms with Crippen LogP contribution in [0.15, 0.2) is 41.0 Å². The lowest BCUT2D eigenvalue weighted by Gasteiger charge is -2.07. The maximum absolute atomic E-state index is 5.94. The Labute approximate surface area is 97.3 Å². The van der Waals surface area contributed by atoms with Crippen molar-refractivity contribution >= 4 is 21.6 Å². The number of halogens is 1. The molecule has 0 radical (unpaired) electrons. The van der Waals surface area contributed by atoms with Gasteiger partial charge >= 0.3 is 0 Å². The van der Waals surface area contributed by atoms with Gasteiger partial charge in [0.15, 0.2) is 0 Å². The average molecular weight is 263 g/mol. The Kier molecular flexibility index (Phi) is 2.73. The molecule has 0 bridgehead atoms. The van der Waals surface area contributed by atoms with E-state index in [2.05, 4.69) is 20.9 Å². The van der Waals surface area contributed by atoms with Crippen molar-refractivity contribution in [2.45, 2.75) is 6.92 Å². The van der Waals surface area contributed by atoms with Gasteiger partial charge < -0.3 is 5.73 Å². The van der Waals surface area contributed by atoms with Crippen molar-refractivity contribution in [3.63, 3.8) is 0 Å². The Bertz CT molecular complexity index is 480. The van der Waals surface area contributed by atoms with E-state index in [1.165, 1.54) is 0 Å². The summed E-state index contributed by atoms with van der Waals surface area (Å²) >= 11 is 3.41. The number of aryl methyl sites for hydroxylation is 1. The van der Waals surface area contributed by atoms with E-state index < -0.39 is 0 Å². The molecule has 76 valence electrons. The van der Waals surface area contributed by atoms with Crippen LogP contribution in [0.5, 0.6) is 0 Å². The van der Waals surface area contributed by atoms with Crippen LogP contribution in [0.3, 0.4) is 0 Å². The maximum atomic E-state index is 5.94. The van der Waals surface area contributed by atoms with Crippen LogP contribution in [0.4, 0.5) is 5.69 Å². The summed E-state index contributed by atoms with van der Waals surface area (Å²) in [7, 11) is 0. The summed E-state index contributed by atoms with van der Waals surface area (Å²) in [4.78, 5) is 4.43. The van der Waals surface area contributed by atoms with E-state index in [0.29, 0.717) is 5.69 Å². The zero-order valence-electron chi connectivity index (χ0n) is 8.37. The van der Waals surface area contributed by atoms with Crippen LogP contribution in [0.25, 0.3) is 11.3 Å². The quantitative estimate of drug-likeness (QED) is 0.801. The molecule has 0 aliphatic heterocycles. The predicted molar refractivity (Wildman–Crippen MR) is 66.5 cm³/mol. The third kappa shape index (κ3) is 2.02. The van der Waals surface area contributed by atoms with E-state index in [9.17, 15) is 0 Å². The summed E-state index contributed by atoms with van der Waals surface area (Å²) in [5, 5.41) is 0. The van der Waals surface area contributed by atoms with Crippen molar-refractivity contribution in [3.8, 4) is 11.3 Å². The minimum Gasteiger partial charge on any atom is -0.397 e. The summed E-state index contributed by atoms with van der Waals surface area (Å²) in [6.45, 7) is 1.97. The number of hydrogen-bond donors (Lipinski definition) is 1. The Morgan fingerprint density at radius 3 is 2.53 bits per heavy atom. The molecule has 0 aliphatic carbocycles. The first kappa shape index (κ1) is 10.2. The lowest BCUT2D eigenvalue weighted by molar-refractivity contribution is 1.22. The van der Waals surface area contributed by atoms with Gasteiger partial charge in [-0.1, -0.05) is 30.3 Å². The second-order valence-electron chi connectivity index (χ2n) is 3.40. The molecule has 0 amide bonds. The van der Waals surface area contributed by atoms with Gasteiger partial charge in [-0.15, -0.1) is 0 Å². The van der Waals surface area contributed by atoms with Gasteiger partial charge in [-0.3, -0.25) is 0 Å². The van der Waals surface area contributed by atoms with Gasteiger partial charge in [0.2, 0.25) is 0 Å². The molecule has 15 heavy (non-hydrogen) atoms. The number of anilines is 1. The van der Waals surface area contributed by atoms with Crippen LogP contribution in [0, 0.1) is 6.92 Å². The van der Waals surface area contributed by atoms with Gasteiger partial charge in [-0.25, -0.2) is 4.98 Å². The molecule has 1 aromatic heterocycles. The molecule has 2 nitrogen and oxygen atoms in total. The summed E-state index contributed by atoms with van der Waals surface area (Å²) in [5.41, 5.74) is 9.56. The molecule has 1 heterocycles. The maximum Gasteiger partial charge on any atom is 0.109 e. The lowest BCUT2D eigenvalue weighted by atomic mass is 10.1. The van der Waals surface area contributed by atoms with Crippen LogP contribution in [-0.2, 0) is 0 Å². The molecule has 0 atom stereocenters. The first-order chi connectivity index (χ1) is 7.18. The third-order valence-electron chi connectivity index (χ3n) is 2.23. The Balaban J connectivity index is 2.59. The molecule has 0 unspecified atom stereocenters. The SMILES string of the molecule is Cc1cc(N)c(-c2ccccc2)nc1Br. The predicted octanol–water partition coefficient (Wildman–Crippen LogP) is 3.40. The van der Waals surface area contributed by atoms with Gasteiger partial charge in [-0.05, 0) is 34.5 Å². The highest BCUT2D eigenvalue weighted by molar-refractivity contribution is 9.10. The Morgan fingerprint density at radius 1 is 1.20 bits per heavy atom. The van der Waals surface area contributed by atoms with E-state index in [4.69, 9.17) is 5.73 Å². The normalized spacial score (nSPS) is 10.3. The first-order valence-electron chi connectivity index (χ1n) is 4.66. The lowest BCUT2D eigenvalue weighted by Crippen LogP contribution is -1.95. The topological polar surface area (TPSA) is 38.9 Å². The molecule has 2 aromatic rings. The van der Waals surface area contributed by atoms with E-state index in [-0.39, 0.29) is 0 Å². The van der Waals surface area contributed by atoms with Gasteiger partial charge in [0.1, 0.15) is 4.60 Å². The zero-order chi connectivity index (χ0) is 10.8. The number of nitrogen functional groups attached to an aromatic ring is 1. The van der Waals surface area contributed by atoms with Gasteiger partial charge in [-0.2, -0.15) is 0 Å². The number of aromatic nitrogens is 1. The fraction of sp³-hybridized carbons (Fsp3) is 0.0833. The molecule has 2 N–H and O–H groups in total. The molecule has 0 saturated carbocycles. The van der Waals surface area contributed by atoms with Gasteiger partial charge in [0.05, 0.1) is 11.4 Å². The summed E-state index contributed by atoms with van der Waals surface area (Å²) < 4.78 is 0.843. The Morgan fingerprint density at radius 2 is 1.87 bits per heavy atom. The number of rotatable bonds is 1. The molecule has 0 aliphatic rings. The Hall–Kier alpha value is -1.35. The van der Waals surface area contributed by atoms with Crippen molar-refractivity contribution < 1.29 is 0 Å². The molecule has 0 saturated heterocycles.